The first kappa shape index (κ1) is 9.73. The van der Waals surface area contributed by atoms with E-state index < -0.39 is 11.9 Å². The molecule has 4 N–H and O–H groups in total. The normalized spacial score (nSPS) is 15.3. The summed E-state index contributed by atoms with van der Waals surface area (Å²) in [6, 6.07) is -0.826. The highest BCUT2D eigenvalue weighted by Crippen LogP contribution is 2.11. The van der Waals surface area contributed by atoms with E-state index in [1.807, 2.05) is 18.4 Å². The highest BCUT2D eigenvalue weighted by atomic mass is 16.1. The number of aromatic nitrogens is 2. The molecule has 0 aliphatic heterocycles. The van der Waals surface area contributed by atoms with Gasteiger partial charge >= 0.3 is 0 Å². The summed E-state index contributed by atoms with van der Waals surface area (Å²) in [6.45, 7) is 3.69. The molecule has 1 rings (SSSR count). The molecule has 1 aromatic rings. The molecule has 5 nitrogen and oxygen atoms in total. The lowest BCUT2D eigenvalue weighted by Crippen LogP contribution is -2.42. The molecular formula is C8H14N4O. The maximum atomic E-state index is 10.8. The lowest BCUT2D eigenvalue weighted by atomic mass is 10.1. The highest BCUT2D eigenvalue weighted by Gasteiger charge is 2.20. The minimum absolute atomic E-state index is 0.153. The fourth-order valence-electron chi connectivity index (χ4n) is 1.23. The van der Waals surface area contributed by atoms with E-state index in [0.29, 0.717) is 0 Å². The topological polar surface area (TPSA) is 86.9 Å². The Morgan fingerprint density at radius 2 is 2.31 bits per heavy atom. The number of aryl methyl sites for hydroxylation is 1. The number of carbonyl (C=O) groups excluding carboxylic acids is 1. The quantitative estimate of drug-likeness (QED) is 0.664. The zero-order valence-corrected chi connectivity index (χ0v) is 7.77. The van der Waals surface area contributed by atoms with Gasteiger partial charge in [0.2, 0.25) is 5.91 Å². The molecular weight excluding hydrogens is 168 g/mol. The molecule has 0 aliphatic rings. The Hall–Kier alpha value is -1.36. The van der Waals surface area contributed by atoms with Crippen LogP contribution in [0.25, 0.3) is 0 Å². The third-order valence-electron chi connectivity index (χ3n) is 2.15. The Balaban J connectivity index is 2.85. The number of imidazole rings is 1. The third-order valence-corrected chi connectivity index (χ3v) is 2.15. The largest absolute Gasteiger partial charge is 0.368 e. The van der Waals surface area contributed by atoms with Gasteiger partial charge in [0.15, 0.2) is 0 Å². The van der Waals surface area contributed by atoms with Gasteiger partial charge in [0.25, 0.3) is 0 Å². The smallest absolute Gasteiger partial charge is 0.236 e. The van der Waals surface area contributed by atoms with Crippen molar-refractivity contribution in [2.24, 2.45) is 11.5 Å². The SMILES string of the molecule is Cc1nccn1C(C)C(N)C(N)=O. The predicted octanol–water partition coefficient (Wildman–Crippen LogP) is -0.435. The molecule has 0 aliphatic carbocycles. The van der Waals surface area contributed by atoms with E-state index in [4.69, 9.17) is 11.5 Å². The summed E-state index contributed by atoms with van der Waals surface area (Å²) in [5.41, 5.74) is 10.7. The van der Waals surface area contributed by atoms with Crippen molar-refractivity contribution in [1.82, 2.24) is 9.55 Å². The van der Waals surface area contributed by atoms with Gasteiger partial charge in [0, 0.05) is 12.4 Å². The Morgan fingerprint density at radius 1 is 1.69 bits per heavy atom. The van der Waals surface area contributed by atoms with Crippen LogP contribution in [0.4, 0.5) is 0 Å². The van der Waals surface area contributed by atoms with E-state index >= 15 is 0 Å². The van der Waals surface area contributed by atoms with Crippen LogP contribution in [0.2, 0.25) is 0 Å². The van der Waals surface area contributed by atoms with Crippen LogP contribution in [0.15, 0.2) is 12.4 Å². The van der Waals surface area contributed by atoms with Crippen molar-refractivity contribution in [3.05, 3.63) is 18.2 Å². The molecule has 0 bridgehead atoms. The molecule has 5 heteroatoms. The number of carbonyl (C=O) groups is 1. The van der Waals surface area contributed by atoms with Crippen molar-refractivity contribution in [2.45, 2.75) is 25.9 Å². The molecule has 2 unspecified atom stereocenters. The molecule has 0 fully saturated rings. The summed E-state index contributed by atoms with van der Waals surface area (Å²) in [4.78, 5) is 14.8. The van der Waals surface area contributed by atoms with E-state index in [-0.39, 0.29) is 6.04 Å². The molecule has 2 atom stereocenters. The van der Waals surface area contributed by atoms with Crippen LogP contribution in [0.5, 0.6) is 0 Å². The molecule has 0 saturated heterocycles. The maximum absolute atomic E-state index is 10.8. The van der Waals surface area contributed by atoms with Crippen molar-refractivity contribution >= 4 is 5.91 Å². The van der Waals surface area contributed by atoms with Gasteiger partial charge in [-0.1, -0.05) is 0 Å². The summed E-state index contributed by atoms with van der Waals surface area (Å²) < 4.78 is 1.83. The van der Waals surface area contributed by atoms with Crippen LogP contribution in [0, 0.1) is 6.92 Å². The van der Waals surface area contributed by atoms with Gasteiger partial charge in [-0.15, -0.1) is 0 Å². The Morgan fingerprint density at radius 3 is 2.69 bits per heavy atom. The fraction of sp³-hybridized carbons (Fsp3) is 0.500. The molecule has 0 saturated carbocycles. The van der Waals surface area contributed by atoms with Crippen molar-refractivity contribution in [3.8, 4) is 0 Å². The standard InChI is InChI=1S/C8H14N4O/c1-5(7(9)8(10)13)12-4-3-11-6(12)2/h3-5,7H,9H2,1-2H3,(H2,10,13). The maximum Gasteiger partial charge on any atom is 0.236 e. The summed E-state index contributed by atoms with van der Waals surface area (Å²) in [6.07, 6.45) is 3.45. The summed E-state index contributed by atoms with van der Waals surface area (Å²) in [5.74, 6) is 0.324. The Kier molecular flexibility index (Phi) is 2.67. The second-order valence-corrected chi connectivity index (χ2v) is 3.05. The van der Waals surface area contributed by atoms with E-state index in [1.54, 1.807) is 12.4 Å². The number of rotatable bonds is 3. The lowest BCUT2D eigenvalue weighted by Gasteiger charge is -2.19. The number of nitrogens with zero attached hydrogens (tertiary/aromatic N) is 2. The molecule has 72 valence electrons. The molecule has 0 radical (unpaired) electrons. The first-order valence-electron chi connectivity index (χ1n) is 4.08. The zero-order valence-electron chi connectivity index (χ0n) is 7.77. The van der Waals surface area contributed by atoms with E-state index in [1.165, 1.54) is 0 Å². The molecule has 1 heterocycles. The Bertz CT molecular complexity index is 307. The van der Waals surface area contributed by atoms with E-state index in [0.717, 1.165) is 5.82 Å². The number of hydrogen-bond donors (Lipinski definition) is 2. The summed E-state index contributed by atoms with van der Waals surface area (Å²) >= 11 is 0. The van der Waals surface area contributed by atoms with Crippen LogP contribution < -0.4 is 11.5 Å². The molecule has 0 aromatic carbocycles. The van der Waals surface area contributed by atoms with Gasteiger partial charge < -0.3 is 16.0 Å². The van der Waals surface area contributed by atoms with Crippen LogP contribution in [0.1, 0.15) is 18.8 Å². The molecule has 1 amide bonds. The minimum Gasteiger partial charge on any atom is -0.368 e. The number of hydrogen-bond acceptors (Lipinski definition) is 3. The molecule has 1 aromatic heterocycles. The van der Waals surface area contributed by atoms with Gasteiger partial charge in [0.05, 0.1) is 6.04 Å². The predicted molar refractivity (Wildman–Crippen MR) is 48.8 cm³/mol. The van der Waals surface area contributed by atoms with E-state index in [9.17, 15) is 4.79 Å². The van der Waals surface area contributed by atoms with Gasteiger partial charge in [-0.2, -0.15) is 0 Å². The van der Waals surface area contributed by atoms with Crippen molar-refractivity contribution < 1.29 is 4.79 Å². The van der Waals surface area contributed by atoms with Crippen molar-refractivity contribution in [2.75, 3.05) is 0 Å². The average molecular weight is 182 g/mol. The van der Waals surface area contributed by atoms with Crippen molar-refractivity contribution in [3.63, 3.8) is 0 Å². The number of primary amides is 1. The summed E-state index contributed by atoms with van der Waals surface area (Å²) in [7, 11) is 0. The van der Waals surface area contributed by atoms with Crippen LogP contribution in [-0.4, -0.2) is 21.5 Å². The van der Waals surface area contributed by atoms with Crippen LogP contribution in [0.3, 0.4) is 0 Å². The second kappa shape index (κ2) is 3.57. The van der Waals surface area contributed by atoms with Crippen molar-refractivity contribution in [1.29, 1.82) is 0 Å². The average Bonchev–Trinajstić information content (AvgIpc) is 2.48. The minimum atomic E-state index is -0.673. The fourth-order valence-corrected chi connectivity index (χ4v) is 1.23. The van der Waals surface area contributed by atoms with E-state index in [2.05, 4.69) is 4.98 Å². The van der Waals surface area contributed by atoms with Crippen LogP contribution in [-0.2, 0) is 4.79 Å². The first-order valence-corrected chi connectivity index (χ1v) is 4.08. The Labute approximate surface area is 76.7 Å². The zero-order chi connectivity index (χ0) is 10.0. The van der Waals surface area contributed by atoms with Gasteiger partial charge in [-0.3, -0.25) is 4.79 Å². The van der Waals surface area contributed by atoms with Gasteiger partial charge in [-0.25, -0.2) is 4.98 Å². The van der Waals surface area contributed by atoms with Gasteiger partial charge in [-0.05, 0) is 13.8 Å². The third kappa shape index (κ3) is 1.86. The monoisotopic (exact) mass is 182 g/mol. The first-order chi connectivity index (χ1) is 6.04. The second-order valence-electron chi connectivity index (χ2n) is 3.05. The lowest BCUT2D eigenvalue weighted by molar-refractivity contribution is -0.120. The molecule has 0 spiro atoms. The summed E-state index contributed by atoms with van der Waals surface area (Å²) in [5, 5.41) is 0. The van der Waals surface area contributed by atoms with Gasteiger partial charge in [0.1, 0.15) is 11.9 Å². The van der Waals surface area contributed by atoms with Crippen LogP contribution >= 0.6 is 0 Å². The number of nitrogens with two attached hydrogens (primary N) is 2. The molecule has 13 heavy (non-hydrogen) atoms. The number of amides is 1. The highest BCUT2D eigenvalue weighted by molar-refractivity contribution is 5.80.